The third-order valence-electron chi connectivity index (χ3n) is 4.09. The number of hydrogen-bond donors (Lipinski definition) is 2. The average Bonchev–Trinajstić information content (AvgIpc) is 2.71. The summed E-state index contributed by atoms with van der Waals surface area (Å²) in [6.07, 6.45) is 0. The summed E-state index contributed by atoms with van der Waals surface area (Å²) in [6.45, 7) is 3.77. The number of hydrogen-bond acceptors (Lipinski definition) is 4. The van der Waals surface area contributed by atoms with Crippen molar-refractivity contribution in [2.45, 2.75) is 0 Å². The molecule has 4 nitrogen and oxygen atoms in total. The van der Waals surface area contributed by atoms with Crippen LogP contribution in [0.3, 0.4) is 0 Å². The lowest BCUT2D eigenvalue weighted by Crippen LogP contribution is -2.46. The first-order chi connectivity index (χ1) is 11.2. The molecular formula is C17H16Cl2N4. The Hall–Kier alpha value is -1.75. The quantitative estimate of drug-likeness (QED) is 0.756. The standard InChI is InChI=1S/C17H16Cl2N4/c18-11-1-3-13-15(9-11)21-14-4-2-12(19)10-16(14)22-17(13)23-7-5-20-6-8-23/h1-4,9-10,20-21H,5-8H2. The Morgan fingerprint density at radius 3 is 2.48 bits per heavy atom. The largest absolute Gasteiger partial charge is 0.353 e. The smallest absolute Gasteiger partial charge is 0.138 e. The van der Waals surface area contributed by atoms with E-state index in [9.17, 15) is 0 Å². The van der Waals surface area contributed by atoms with E-state index in [1.54, 1.807) is 0 Å². The molecule has 2 aliphatic heterocycles. The molecule has 0 saturated carbocycles. The highest BCUT2D eigenvalue weighted by Crippen LogP contribution is 2.37. The first-order valence-electron chi connectivity index (χ1n) is 7.61. The number of benzene rings is 2. The monoisotopic (exact) mass is 346 g/mol. The minimum Gasteiger partial charge on any atom is -0.353 e. The molecule has 1 fully saturated rings. The van der Waals surface area contributed by atoms with Crippen molar-refractivity contribution in [3.05, 3.63) is 52.0 Å². The minimum absolute atomic E-state index is 0.679. The number of aliphatic imine (C=N–C) groups is 1. The van der Waals surface area contributed by atoms with Gasteiger partial charge in [0.2, 0.25) is 0 Å². The van der Waals surface area contributed by atoms with Crippen molar-refractivity contribution < 1.29 is 0 Å². The van der Waals surface area contributed by atoms with Crippen LogP contribution in [0.1, 0.15) is 5.56 Å². The summed E-state index contributed by atoms with van der Waals surface area (Å²) >= 11 is 12.3. The Labute approximate surface area is 145 Å². The van der Waals surface area contributed by atoms with E-state index in [4.69, 9.17) is 28.2 Å². The number of piperazine rings is 1. The van der Waals surface area contributed by atoms with E-state index in [0.29, 0.717) is 10.0 Å². The van der Waals surface area contributed by atoms with E-state index in [-0.39, 0.29) is 0 Å². The minimum atomic E-state index is 0.679. The summed E-state index contributed by atoms with van der Waals surface area (Å²) in [4.78, 5) is 7.23. The highest BCUT2D eigenvalue weighted by Gasteiger charge is 2.22. The van der Waals surface area contributed by atoms with Gasteiger partial charge in [0.1, 0.15) is 5.84 Å². The molecule has 0 atom stereocenters. The molecule has 0 spiro atoms. The van der Waals surface area contributed by atoms with Gasteiger partial charge in [-0.05, 0) is 36.4 Å². The predicted molar refractivity (Wildman–Crippen MR) is 96.8 cm³/mol. The molecule has 0 amide bonds. The zero-order valence-corrected chi connectivity index (χ0v) is 14.0. The van der Waals surface area contributed by atoms with Gasteiger partial charge < -0.3 is 15.5 Å². The van der Waals surface area contributed by atoms with Crippen LogP contribution in [0.2, 0.25) is 10.0 Å². The van der Waals surface area contributed by atoms with Gasteiger partial charge in [0.25, 0.3) is 0 Å². The van der Waals surface area contributed by atoms with Crippen LogP contribution < -0.4 is 10.6 Å². The van der Waals surface area contributed by atoms with Crippen LogP contribution in [-0.4, -0.2) is 36.9 Å². The van der Waals surface area contributed by atoms with E-state index in [1.165, 1.54) is 0 Å². The molecule has 6 heteroatoms. The Bertz CT molecular complexity index is 782. The van der Waals surface area contributed by atoms with E-state index in [0.717, 1.165) is 54.6 Å². The van der Waals surface area contributed by atoms with Crippen LogP contribution in [0.15, 0.2) is 41.4 Å². The van der Waals surface area contributed by atoms with E-state index in [2.05, 4.69) is 15.5 Å². The van der Waals surface area contributed by atoms with Crippen molar-refractivity contribution in [1.29, 1.82) is 0 Å². The van der Waals surface area contributed by atoms with Crippen molar-refractivity contribution in [2.24, 2.45) is 4.99 Å². The van der Waals surface area contributed by atoms with Crippen molar-refractivity contribution in [3.63, 3.8) is 0 Å². The Balaban J connectivity index is 1.89. The van der Waals surface area contributed by atoms with Gasteiger partial charge in [0.05, 0.1) is 17.1 Å². The highest BCUT2D eigenvalue weighted by atomic mass is 35.5. The number of fused-ring (bicyclic) bond motifs is 2. The lowest BCUT2D eigenvalue weighted by atomic mass is 10.1. The molecule has 2 heterocycles. The number of rotatable bonds is 0. The summed E-state index contributed by atoms with van der Waals surface area (Å²) < 4.78 is 0. The first kappa shape index (κ1) is 14.8. The third-order valence-corrected chi connectivity index (χ3v) is 4.56. The second-order valence-electron chi connectivity index (χ2n) is 5.65. The van der Waals surface area contributed by atoms with Gasteiger partial charge in [0.15, 0.2) is 0 Å². The van der Waals surface area contributed by atoms with Crippen molar-refractivity contribution in [2.75, 3.05) is 31.5 Å². The number of nitrogens with zero attached hydrogens (tertiary/aromatic N) is 2. The van der Waals surface area contributed by atoms with Gasteiger partial charge in [-0.3, -0.25) is 0 Å². The zero-order chi connectivity index (χ0) is 15.8. The average molecular weight is 347 g/mol. The van der Waals surface area contributed by atoms with Crippen LogP contribution in [0.25, 0.3) is 0 Å². The van der Waals surface area contributed by atoms with Crippen molar-refractivity contribution >= 4 is 46.1 Å². The van der Waals surface area contributed by atoms with Gasteiger partial charge in [-0.15, -0.1) is 0 Å². The summed E-state index contributed by atoms with van der Waals surface area (Å²) in [5.74, 6) is 0.965. The fourth-order valence-electron chi connectivity index (χ4n) is 2.95. The molecule has 1 saturated heterocycles. The molecule has 2 aromatic rings. The van der Waals surface area contributed by atoms with Crippen LogP contribution in [0.4, 0.5) is 17.1 Å². The van der Waals surface area contributed by atoms with Crippen LogP contribution in [-0.2, 0) is 0 Å². The molecule has 2 aromatic carbocycles. The molecule has 0 aliphatic carbocycles. The van der Waals surface area contributed by atoms with E-state index >= 15 is 0 Å². The highest BCUT2D eigenvalue weighted by molar-refractivity contribution is 6.31. The van der Waals surface area contributed by atoms with Gasteiger partial charge in [-0.1, -0.05) is 23.2 Å². The molecular weight excluding hydrogens is 331 g/mol. The Kier molecular flexibility index (Phi) is 3.89. The fraction of sp³-hybridized carbons (Fsp3) is 0.235. The lowest BCUT2D eigenvalue weighted by Gasteiger charge is -2.30. The maximum atomic E-state index is 6.19. The van der Waals surface area contributed by atoms with Gasteiger partial charge in [-0.2, -0.15) is 0 Å². The summed E-state index contributed by atoms with van der Waals surface area (Å²) in [5.41, 5.74) is 3.81. The van der Waals surface area contributed by atoms with Gasteiger partial charge >= 0.3 is 0 Å². The van der Waals surface area contributed by atoms with E-state index in [1.807, 2.05) is 36.4 Å². The number of nitrogens with one attached hydrogen (secondary N) is 2. The number of amidine groups is 1. The zero-order valence-electron chi connectivity index (χ0n) is 12.4. The molecule has 0 unspecified atom stereocenters. The van der Waals surface area contributed by atoms with E-state index < -0.39 is 0 Å². The molecule has 0 aromatic heterocycles. The van der Waals surface area contributed by atoms with Gasteiger partial charge in [0, 0.05) is 41.8 Å². The SMILES string of the molecule is Clc1ccc2c(c1)N=C(N1CCNCC1)c1ccc(Cl)cc1N2. The summed E-state index contributed by atoms with van der Waals surface area (Å²) in [7, 11) is 0. The fourth-order valence-corrected chi connectivity index (χ4v) is 3.29. The molecule has 0 radical (unpaired) electrons. The van der Waals surface area contributed by atoms with Gasteiger partial charge in [-0.25, -0.2) is 4.99 Å². The van der Waals surface area contributed by atoms with Crippen LogP contribution in [0.5, 0.6) is 0 Å². The second-order valence-corrected chi connectivity index (χ2v) is 6.52. The summed E-state index contributed by atoms with van der Waals surface area (Å²) in [6, 6.07) is 11.6. The first-order valence-corrected chi connectivity index (χ1v) is 8.37. The Morgan fingerprint density at radius 1 is 0.913 bits per heavy atom. The third kappa shape index (κ3) is 2.90. The number of halogens is 2. The normalized spacial score (nSPS) is 16.8. The maximum Gasteiger partial charge on any atom is 0.138 e. The topological polar surface area (TPSA) is 39.7 Å². The molecule has 0 bridgehead atoms. The molecule has 4 rings (SSSR count). The second kappa shape index (κ2) is 6.04. The molecule has 2 N–H and O–H groups in total. The van der Waals surface area contributed by atoms with Crippen LogP contribution >= 0.6 is 23.2 Å². The predicted octanol–water partition coefficient (Wildman–Crippen LogP) is 4.03. The Morgan fingerprint density at radius 2 is 1.65 bits per heavy atom. The van der Waals surface area contributed by atoms with Crippen LogP contribution in [0, 0.1) is 0 Å². The summed E-state index contributed by atoms with van der Waals surface area (Å²) in [5, 5.41) is 8.20. The number of anilines is 2. The van der Waals surface area contributed by atoms with Crippen molar-refractivity contribution in [3.8, 4) is 0 Å². The van der Waals surface area contributed by atoms with Crippen molar-refractivity contribution in [1.82, 2.24) is 10.2 Å². The molecule has 118 valence electrons. The lowest BCUT2D eigenvalue weighted by molar-refractivity contribution is 0.358. The maximum absolute atomic E-state index is 6.19. The molecule has 23 heavy (non-hydrogen) atoms. The molecule has 2 aliphatic rings.